The van der Waals surface area contributed by atoms with Gasteiger partial charge in [-0.15, -0.1) is 5.10 Å². The fraction of sp³-hybridized carbons (Fsp3) is 0.375. The van der Waals surface area contributed by atoms with Crippen LogP contribution in [0.4, 0.5) is 0 Å². The van der Waals surface area contributed by atoms with E-state index in [4.69, 9.17) is 4.74 Å². The number of nitrogens with zero attached hydrogens (tertiary/aromatic N) is 4. The summed E-state index contributed by atoms with van der Waals surface area (Å²) in [7, 11) is 0. The first-order chi connectivity index (χ1) is 14.8. The fourth-order valence-electron chi connectivity index (χ4n) is 3.80. The van der Waals surface area contributed by atoms with Crippen LogP contribution in [-0.4, -0.2) is 45.0 Å². The quantitative estimate of drug-likeness (QED) is 0.574. The summed E-state index contributed by atoms with van der Waals surface area (Å²) < 4.78 is 7.82. The van der Waals surface area contributed by atoms with Crippen molar-refractivity contribution < 1.29 is 9.53 Å². The molecule has 1 aliphatic heterocycles. The van der Waals surface area contributed by atoms with Gasteiger partial charge in [-0.2, -0.15) is 0 Å². The van der Waals surface area contributed by atoms with E-state index in [1.807, 2.05) is 29.2 Å². The van der Waals surface area contributed by atoms with Crippen molar-refractivity contribution in [2.24, 2.45) is 0 Å². The average Bonchev–Trinajstić information content (AvgIpc) is 3.28. The number of piperidine rings is 1. The van der Waals surface area contributed by atoms with E-state index in [2.05, 4.69) is 46.7 Å². The minimum atomic E-state index is -0.0580. The van der Waals surface area contributed by atoms with Crippen molar-refractivity contribution in [1.29, 1.82) is 0 Å². The molecule has 0 radical (unpaired) electrons. The third-order valence-corrected chi connectivity index (χ3v) is 5.45. The van der Waals surface area contributed by atoms with E-state index in [1.165, 1.54) is 5.56 Å². The minimum absolute atomic E-state index is 0.0580. The highest BCUT2D eigenvalue weighted by molar-refractivity contribution is 5.92. The molecule has 2 aromatic carbocycles. The second-order valence-electron chi connectivity index (χ2n) is 7.77. The molecule has 0 saturated carbocycles. The smallest absolute Gasteiger partial charge is 0.276 e. The number of benzene rings is 2. The molecule has 1 unspecified atom stereocenters. The second-order valence-corrected chi connectivity index (χ2v) is 7.77. The van der Waals surface area contributed by atoms with Crippen molar-refractivity contribution in [3.05, 3.63) is 83.7 Å². The molecular formula is C24H28N4O2. The molecule has 6 heteroatoms. The molecule has 1 atom stereocenters. The van der Waals surface area contributed by atoms with Gasteiger partial charge in [0.2, 0.25) is 0 Å². The number of carbonyl (C=O) groups is 1. The summed E-state index contributed by atoms with van der Waals surface area (Å²) in [6.45, 7) is 2.67. The zero-order valence-electron chi connectivity index (χ0n) is 17.2. The summed E-state index contributed by atoms with van der Waals surface area (Å²) in [4.78, 5) is 14.7. The summed E-state index contributed by atoms with van der Waals surface area (Å²) in [5.74, 6) is -0.0580. The number of aromatic nitrogens is 3. The molecule has 1 aliphatic rings. The van der Waals surface area contributed by atoms with Gasteiger partial charge in [0.25, 0.3) is 5.91 Å². The van der Waals surface area contributed by atoms with Gasteiger partial charge in [0.05, 0.1) is 18.9 Å². The zero-order chi connectivity index (χ0) is 20.6. The molecule has 1 aromatic heterocycles. The lowest BCUT2D eigenvalue weighted by Gasteiger charge is -2.32. The molecule has 0 aliphatic carbocycles. The van der Waals surface area contributed by atoms with Gasteiger partial charge >= 0.3 is 0 Å². The molecule has 156 valence electrons. The monoisotopic (exact) mass is 404 g/mol. The predicted octanol–water partition coefficient (Wildman–Crippen LogP) is 3.73. The number of ether oxygens (including phenoxy) is 1. The summed E-state index contributed by atoms with van der Waals surface area (Å²) in [6.07, 6.45) is 5.68. The first kappa shape index (κ1) is 20.3. The normalized spacial score (nSPS) is 16.5. The molecule has 30 heavy (non-hydrogen) atoms. The Morgan fingerprint density at radius 1 is 1.03 bits per heavy atom. The van der Waals surface area contributed by atoms with E-state index in [-0.39, 0.29) is 12.0 Å². The van der Waals surface area contributed by atoms with Gasteiger partial charge in [-0.25, -0.2) is 0 Å². The van der Waals surface area contributed by atoms with Crippen molar-refractivity contribution in [2.75, 3.05) is 13.1 Å². The summed E-state index contributed by atoms with van der Waals surface area (Å²) in [5.41, 5.74) is 2.88. The minimum Gasteiger partial charge on any atom is -0.372 e. The molecule has 1 amide bonds. The van der Waals surface area contributed by atoms with Gasteiger partial charge in [-0.1, -0.05) is 65.9 Å². The fourth-order valence-corrected chi connectivity index (χ4v) is 3.80. The van der Waals surface area contributed by atoms with Gasteiger partial charge in [0.15, 0.2) is 5.69 Å². The number of hydrogen-bond donors (Lipinski definition) is 0. The van der Waals surface area contributed by atoms with Crippen LogP contribution in [0.25, 0.3) is 0 Å². The zero-order valence-corrected chi connectivity index (χ0v) is 17.2. The number of amides is 1. The van der Waals surface area contributed by atoms with Crippen LogP contribution in [-0.2, 0) is 24.3 Å². The number of carbonyl (C=O) groups excluding carboxylic acids is 1. The molecular weight excluding hydrogens is 376 g/mol. The van der Waals surface area contributed by atoms with Crippen molar-refractivity contribution in [3.63, 3.8) is 0 Å². The molecule has 0 spiro atoms. The Morgan fingerprint density at radius 3 is 2.53 bits per heavy atom. The van der Waals surface area contributed by atoms with Crippen LogP contribution < -0.4 is 0 Å². The van der Waals surface area contributed by atoms with Crippen LogP contribution in [0.3, 0.4) is 0 Å². The number of aryl methyl sites for hydroxylation is 2. The van der Waals surface area contributed by atoms with Crippen LogP contribution in [0.15, 0.2) is 66.9 Å². The van der Waals surface area contributed by atoms with Gasteiger partial charge in [0, 0.05) is 19.6 Å². The van der Waals surface area contributed by atoms with E-state index < -0.39 is 0 Å². The van der Waals surface area contributed by atoms with Crippen LogP contribution in [0.2, 0.25) is 0 Å². The van der Waals surface area contributed by atoms with Crippen molar-refractivity contribution in [3.8, 4) is 0 Å². The van der Waals surface area contributed by atoms with Crippen molar-refractivity contribution >= 4 is 5.91 Å². The summed E-state index contributed by atoms with van der Waals surface area (Å²) in [6, 6.07) is 20.5. The standard InChI is InChI=1S/C24H28N4O2/c29-24(23-18-28(26-25-23)16-7-13-20-9-3-1-4-10-20)27-15-8-14-22(17-27)30-19-21-11-5-2-6-12-21/h1-6,9-12,18,22H,7-8,13-17,19H2. The first-order valence-electron chi connectivity index (χ1n) is 10.7. The van der Waals surface area contributed by atoms with E-state index in [9.17, 15) is 4.79 Å². The lowest BCUT2D eigenvalue weighted by atomic mass is 10.1. The molecule has 4 rings (SSSR count). The third kappa shape index (κ3) is 5.54. The molecule has 1 saturated heterocycles. The Morgan fingerprint density at radius 2 is 1.77 bits per heavy atom. The van der Waals surface area contributed by atoms with Crippen molar-refractivity contribution in [1.82, 2.24) is 19.9 Å². The highest BCUT2D eigenvalue weighted by Gasteiger charge is 2.26. The molecule has 0 bridgehead atoms. The number of rotatable bonds is 8. The summed E-state index contributed by atoms with van der Waals surface area (Å²) >= 11 is 0. The highest BCUT2D eigenvalue weighted by Crippen LogP contribution is 2.17. The van der Waals surface area contributed by atoms with Crippen LogP contribution in [0.1, 0.15) is 40.9 Å². The molecule has 3 aromatic rings. The molecule has 6 nitrogen and oxygen atoms in total. The second kappa shape index (κ2) is 10.2. The lowest BCUT2D eigenvalue weighted by Crippen LogP contribution is -2.43. The van der Waals surface area contributed by atoms with Gasteiger partial charge in [0.1, 0.15) is 0 Å². The van der Waals surface area contributed by atoms with Crippen LogP contribution in [0, 0.1) is 0 Å². The van der Waals surface area contributed by atoms with E-state index >= 15 is 0 Å². The number of hydrogen-bond acceptors (Lipinski definition) is 4. The highest BCUT2D eigenvalue weighted by atomic mass is 16.5. The Balaban J connectivity index is 1.26. The topological polar surface area (TPSA) is 60.2 Å². The maximum Gasteiger partial charge on any atom is 0.276 e. The Kier molecular flexibility index (Phi) is 6.87. The first-order valence-corrected chi connectivity index (χ1v) is 10.7. The number of likely N-dealkylation sites (tertiary alicyclic amines) is 1. The molecule has 1 fully saturated rings. The van der Waals surface area contributed by atoms with E-state index in [0.717, 1.165) is 44.3 Å². The molecule has 0 N–H and O–H groups in total. The predicted molar refractivity (Wildman–Crippen MR) is 115 cm³/mol. The van der Waals surface area contributed by atoms with Gasteiger partial charge in [-0.05, 0) is 36.8 Å². The van der Waals surface area contributed by atoms with Crippen LogP contribution >= 0.6 is 0 Å². The molecule has 2 heterocycles. The van der Waals surface area contributed by atoms with E-state index in [0.29, 0.717) is 18.8 Å². The summed E-state index contributed by atoms with van der Waals surface area (Å²) in [5, 5.41) is 8.26. The average molecular weight is 405 g/mol. The lowest BCUT2D eigenvalue weighted by molar-refractivity contribution is -0.00689. The van der Waals surface area contributed by atoms with Crippen molar-refractivity contribution in [2.45, 2.75) is 44.9 Å². The SMILES string of the molecule is O=C(c1cn(CCCc2ccccc2)nn1)N1CCCC(OCc2ccccc2)C1. The van der Waals surface area contributed by atoms with E-state index in [1.54, 1.807) is 10.9 Å². The Bertz CT molecular complexity index is 927. The van der Waals surface area contributed by atoms with Crippen LogP contribution in [0.5, 0.6) is 0 Å². The third-order valence-electron chi connectivity index (χ3n) is 5.45. The largest absolute Gasteiger partial charge is 0.372 e. The van der Waals surface area contributed by atoms with Gasteiger partial charge in [-0.3, -0.25) is 9.48 Å². The van der Waals surface area contributed by atoms with Gasteiger partial charge < -0.3 is 9.64 Å². The Hall–Kier alpha value is -2.99. The Labute approximate surface area is 177 Å². The maximum atomic E-state index is 12.9. The maximum absolute atomic E-state index is 12.9.